The molecule has 18 heavy (non-hydrogen) atoms. The van der Waals surface area contributed by atoms with Crippen LogP contribution in [-0.4, -0.2) is 35.5 Å². The normalized spacial score (nSPS) is 15.0. The minimum Gasteiger partial charge on any atom is -0.478 e. The van der Waals surface area contributed by atoms with E-state index in [-0.39, 0.29) is 10.6 Å². The lowest BCUT2D eigenvalue weighted by atomic mass is 10.2. The number of carboxylic acid groups (broad SMARTS) is 1. The zero-order valence-corrected chi connectivity index (χ0v) is 11.3. The molecule has 0 unspecified atom stereocenters. The summed E-state index contributed by atoms with van der Waals surface area (Å²) in [4.78, 5) is 13.0. The van der Waals surface area contributed by atoms with Crippen molar-refractivity contribution >= 4 is 40.7 Å². The molecule has 0 spiro atoms. The first kappa shape index (κ1) is 13.0. The van der Waals surface area contributed by atoms with Gasteiger partial charge in [0.1, 0.15) is 12.5 Å². The first-order chi connectivity index (χ1) is 8.40. The lowest BCUT2D eigenvalue weighted by Crippen LogP contribution is -2.25. The highest BCUT2D eigenvalue weighted by Gasteiger charge is 2.22. The van der Waals surface area contributed by atoms with Crippen LogP contribution in [0.3, 0.4) is 0 Å². The van der Waals surface area contributed by atoms with E-state index in [1.807, 2.05) is 18.9 Å². The van der Waals surface area contributed by atoms with Crippen LogP contribution >= 0.6 is 23.2 Å². The smallest absolute Gasteiger partial charge is 0.337 e. The van der Waals surface area contributed by atoms with Gasteiger partial charge in [-0.2, -0.15) is 5.10 Å². The van der Waals surface area contributed by atoms with Gasteiger partial charge in [-0.25, -0.2) is 9.80 Å². The maximum atomic E-state index is 11.0. The predicted molar refractivity (Wildman–Crippen MR) is 71.6 cm³/mol. The van der Waals surface area contributed by atoms with E-state index in [4.69, 9.17) is 28.3 Å². The summed E-state index contributed by atoms with van der Waals surface area (Å²) in [5, 5.41) is 15.4. The minimum absolute atomic E-state index is 0.0125. The van der Waals surface area contributed by atoms with E-state index in [0.717, 1.165) is 5.84 Å². The Kier molecular flexibility index (Phi) is 3.36. The molecule has 0 fully saturated rings. The van der Waals surface area contributed by atoms with Crippen molar-refractivity contribution in [3.05, 3.63) is 27.7 Å². The largest absolute Gasteiger partial charge is 0.478 e. The third kappa shape index (κ3) is 2.23. The van der Waals surface area contributed by atoms with Crippen molar-refractivity contribution in [2.45, 2.75) is 6.92 Å². The second-order valence-corrected chi connectivity index (χ2v) is 4.79. The number of benzene rings is 1. The van der Waals surface area contributed by atoms with Crippen molar-refractivity contribution in [2.24, 2.45) is 5.10 Å². The topological polar surface area (TPSA) is 56.1 Å². The molecular weight excluding hydrogens is 277 g/mol. The van der Waals surface area contributed by atoms with Crippen LogP contribution in [0, 0.1) is 0 Å². The molecule has 0 aromatic heterocycles. The molecular formula is C11H11Cl2N3O2. The van der Waals surface area contributed by atoms with Gasteiger partial charge in [0.25, 0.3) is 0 Å². The molecule has 0 atom stereocenters. The van der Waals surface area contributed by atoms with E-state index in [1.54, 1.807) is 5.01 Å². The molecule has 7 heteroatoms. The summed E-state index contributed by atoms with van der Waals surface area (Å²) in [6.45, 7) is 2.38. The zero-order chi connectivity index (χ0) is 13.4. The van der Waals surface area contributed by atoms with Gasteiger partial charge in [0.2, 0.25) is 0 Å². The van der Waals surface area contributed by atoms with Crippen molar-refractivity contribution < 1.29 is 9.90 Å². The first-order valence-electron chi connectivity index (χ1n) is 5.16. The molecule has 5 nitrogen and oxygen atoms in total. The average Bonchev–Trinajstić information content (AvgIpc) is 2.58. The molecule has 1 heterocycles. The van der Waals surface area contributed by atoms with Crippen LogP contribution in [0.4, 0.5) is 5.69 Å². The SMILES string of the molecule is CC1=NN(c2cc(C(=O)O)c(Cl)cc2Cl)CN1C. The quantitative estimate of drug-likeness (QED) is 0.909. The highest BCUT2D eigenvalue weighted by atomic mass is 35.5. The second-order valence-electron chi connectivity index (χ2n) is 3.97. The van der Waals surface area contributed by atoms with Gasteiger partial charge in [0.15, 0.2) is 0 Å². The maximum Gasteiger partial charge on any atom is 0.337 e. The molecule has 1 N–H and O–H groups in total. The Morgan fingerprint density at radius 2 is 2.06 bits per heavy atom. The van der Waals surface area contributed by atoms with E-state index in [1.165, 1.54) is 12.1 Å². The van der Waals surface area contributed by atoms with E-state index in [0.29, 0.717) is 17.4 Å². The molecule has 2 rings (SSSR count). The van der Waals surface area contributed by atoms with Gasteiger partial charge in [-0.3, -0.25) is 0 Å². The summed E-state index contributed by atoms with van der Waals surface area (Å²) in [6, 6.07) is 2.86. The standard InChI is InChI=1S/C11H11Cl2N3O2/c1-6-14-16(5-15(6)2)10-3-7(11(17)18)8(12)4-9(10)13/h3-4H,5H2,1-2H3,(H,17,18). The molecule has 1 aliphatic heterocycles. The van der Waals surface area contributed by atoms with Crippen molar-refractivity contribution in [1.29, 1.82) is 0 Å². The molecule has 96 valence electrons. The summed E-state index contributed by atoms with van der Waals surface area (Å²) in [5.41, 5.74) is 0.542. The molecule has 0 radical (unpaired) electrons. The average molecular weight is 288 g/mol. The second kappa shape index (κ2) is 4.66. The fraction of sp³-hybridized carbons (Fsp3) is 0.273. The molecule has 1 aromatic carbocycles. The Balaban J connectivity index is 2.46. The fourth-order valence-corrected chi connectivity index (χ4v) is 2.18. The lowest BCUT2D eigenvalue weighted by molar-refractivity contribution is 0.0697. The highest BCUT2D eigenvalue weighted by Crippen LogP contribution is 2.33. The van der Waals surface area contributed by atoms with Gasteiger partial charge >= 0.3 is 5.97 Å². The summed E-state index contributed by atoms with van der Waals surface area (Å²) in [6.07, 6.45) is 0. The molecule has 0 bridgehead atoms. The van der Waals surface area contributed by atoms with Gasteiger partial charge in [-0.15, -0.1) is 0 Å². The van der Waals surface area contributed by atoms with Crippen LogP contribution in [0.5, 0.6) is 0 Å². The first-order valence-corrected chi connectivity index (χ1v) is 5.92. The number of nitrogens with zero attached hydrogens (tertiary/aromatic N) is 3. The van der Waals surface area contributed by atoms with Crippen LogP contribution in [0.1, 0.15) is 17.3 Å². The summed E-state index contributed by atoms with van der Waals surface area (Å²) >= 11 is 11.9. The highest BCUT2D eigenvalue weighted by molar-refractivity contribution is 6.38. The fourth-order valence-electron chi connectivity index (χ4n) is 1.62. The number of hydrazone groups is 1. The Morgan fingerprint density at radius 3 is 2.56 bits per heavy atom. The number of aromatic carboxylic acids is 1. The minimum atomic E-state index is -1.09. The number of hydrogen-bond acceptors (Lipinski definition) is 4. The van der Waals surface area contributed by atoms with E-state index in [9.17, 15) is 4.79 Å². The third-order valence-electron chi connectivity index (χ3n) is 2.71. The molecule has 1 aromatic rings. The summed E-state index contributed by atoms with van der Waals surface area (Å²) in [5.74, 6) is -0.260. The van der Waals surface area contributed by atoms with E-state index < -0.39 is 5.97 Å². The Morgan fingerprint density at radius 1 is 1.39 bits per heavy atom. The van der Waals surface area contributed by atoms with Crippen LogP contribution in [-0.2, 0) is 0 Å². The van der Waals surface area contributed by atoms with Gasteiger partial charge in [-0.05, 0) is 19.1 Å². The summed E-state index contributed by atoms with van der Waals surface area (Å²) in [7, 11) is 1.89. The molecule has 0 amide bonds. The van der Waals surface area contributed by atoms with Crippen LogP contribution in [0.15, 0.2) is 17.2 Å². The number of halogens is 2. The lowest BCUT2D eigenvalue weighted by Gasteiger charge is -2.18. The number of carbonyl (C=O) groups is 1. The van der Waals surface area contributed by atoms with Crippen molar-refractivity contribution in [3.63, 3.8) is 0 Å². The van der Waals surface area contributed by atoms with Gasteiger partial charge < -0.3 is 10.0 Å². The Labute approximate surface area is 114 Å². The Bertz CT molecular complexity index is 545. The van der Waals surface area contributed by atoms with Crippen LogP contribution in [0.2, 0.25) is 10.0 Å². The number of anilines is 1. The third-order valence-corrected chi connectivity index (χ3v) is 3.32. The number of rotatable bonds is 2. The molecule has 0 saturated heterocycles. The van der Waals surface area contributed by atoms with Crippen molar-refractivity contribution in [1.82, 2.24) is 4.90 Å². The van der Waals surface area contributed by atoms with Gasteiger partial charge in [0, 0.05) is 7.05 Å². The van der Waals surface area contributed by atoms with E-state index in [2.05, 4.69) is 5.10 Å². The predicted octanol–water partition coefficient (Wildman–Crippen LogP) is 2.73. The zero-order valence-electron chi connectivity index (χ0n) is 9.81. The van der Waals surface area contributed by atoms with Crippen molar-refractivity contribution in [3.8, 4) is 0 Å². The molecule has 1 aliphatic rings. The molecule has 0 saturated carbocycles. The van der Waals surface area contributed by atoms with Crippen LogP contribution < -0.4 is 5.01 Å². The monoisotopic (exact) mass is 287 g/mol. The van der Waals surface area contributed by atoms with Crippen LogP contribution in [0.25, 0.3) is 0 Å². The van der Waals surface area contributed by atoms with Gasteiger partial charge in [-0.1, -0.05) is 23.2 Å². The number of amidine groups is 1. The summed E-state index contributed by atoms with van der Waals surface area (Å²) < 4.78 is 0. The number of carboxylic acids is 1. The van der Waals surface area contributed by atoms with Gasteiger partial charge in [0.05, 0.1) is 21.3 Å². The van der Waals surface area contributed by atoms with E-state index >= 15 is 0 Å². The Hall–Kier alpha value is -1.46. The number of hydrogen-bond donors (Lipinski definition) is 1. The maximum absolute atomic E-state index is 11.0. The molecule has 0 aliphatic carbocycles. The van der Waals surface area contributed by atoms with Crippen molar-refractivity contribution in [2.75, 3.05) is 18.7 Å².